The van der Waals surface area contributed by atoms with Gasteiger partial charge in [0.1, 0.15) is 13.2 Å². The van der Waals surface area contributed by atoms with Crippen molar-refractivity contribution in [3.63, 3.8) is 0 Å². The van der Waals surface area contributed by atoms with Crippen LogP contribution in [0.2, 0.25) is 0 Å². The highest BCUT2D eigenvalue weighted by atomic mass is 16.6. The summed E-state index contributed by atoms with van der Waals surface area (Å²) in [6.07, 6.45) is 7.63. The molecule has 0 aliphatic carbocycles. The molecule has 2 rings (SSSR count). The van der Waals surface area contributed by atoms with Crippen LogP contribution in [0.15, 0.2) is 54.6 Å². The SMILES string of the molecule is CC(C)/C=C/CCCCC(=O)NCc1ccc(O)c(OCCOC(=O)c2ccc(N)cc2)c1. The van der Waals surface area contributed by atoms with Crippen LogP contribution in [0, 0.1) is 5.92 Å². The molecular formula is C26H34N2O5. The monoisotopic (exact) mass is 454 g/mol. The normalized spacial score (nSPS) is 11.0. The van der Waals surface area contributed by atoms with Crippen molar-refractivity contribution in [1.82, 2.24) is 5.32 Å². The highest BCUT2D eigenvalue weighted by Crippen LogP contribution is 2.26. The predicted molar refractivity (Wildman–Crippen MR) is 129 cm³/mol. The Morgan fingerprint density at radius 2 is 1.85 bits per heavy atom. The molecule has 0 heterocycles. The molecule has 0 saturated carbocycles. The number of nitrogens with one attached hydrogen (secondary N) is 1. The molecule has 0 saturated heterocycles. The van der Waals surface area contributed by atoms with E-state index in [0.29, 0.717) is 30.1 Å². The molecule has 2 aromatic rings. The Morgan fingerprint density at radius 1 is 1.09 bits per heavy atom. The maximum Gasteiger partial charge on any atom is 0.338 e. The lowest BCUT2D eigenvalue weighted by Gasteiger charge is -2.11. The number of phenolic OH excluding ortho intramolecular Hbond substituents is 1. The van der Waals surface area contributed by atoms with Gasteiger partial charge in [-0.3, -0.25) is 4.79 Å². The fourth-order valence-electron chi connectivity index (χ4n) is 2.98. The molecule has 0 aliphatic rings. The summed E-state index contributed by atoms with van der Waals surface area (Å²) in [7, 11) is 0. The van der Waals surface area contributed by atoms with E-state index >= 15 is 0 Å². The molecule has 1 amide bonds. The van der Waals surface area contributed by atoms with E-state index < -0.39 is 5.97 Å². The van der Waals surface area contributed by atoms with Crippen molar-refractivity contribution in [2.24, 2.45) is 5.92 Å². The van der Waals surface area contributed by atoms with Crippen molar-refractivity contribution in [2.45, 2.75) is 46.1 Å². The van der Waals surface area contributed by atoms with Crippen molar-refractivity contribution in [3.05, 3.63) is 65.7 Å². The van der Waals surface area contributed by atoms with Gasteiger partial charge in [-0.25, -0.2) is 4.79 Å². The van der Waals surface area contributed by atoms with Crippen molar-refractivity contribution in [1.29, 1.82) is 0 Å². The lowest BCUT2D eigenvalue weighted by Crippen LogP contribution is -2.22. The molecule has 0 atom stereocenters. The van der Waals surface area contributed by atoms with E-state index in [1.807, 2.05) is 0 Å². The Kier molecular flexibility index (Phi) is 10.8. The number of carbonyl (C=O) groups excluding carboxylic acids is 2. The number of benzene rings is 2. The summed E-state index contributed by atoms with van der Waals surface area (Å²) < 4.78 is 10.7. The topological polar surface area (TPSA) is 111 Å². The third kappa shape index (κ3) is 10.1. The number of hydrogen-bond donors (Lipinski definition) is 3. The summed E-state index contributed by atoms with van der Waals surface area (Å²) in [5.41, 5.74) is 7.37. The first-order valence-corrected chi connectivity index (χ1v) is 11.3. The molecule has 0 aliphatic heterocycles. The van der Waals surface area contributed by atoms with E-state index in [4.69, 9.17) is 15.2 Å². The number of aromatic hydroxyl groups is 1. The number of carbonyl (C=O) groups is 2. The summed E-state index contributed by atoms with van der Waals surface area (Å²) in [5, 5.41) is 12.9. The number of nitrogens with two attached hydrogens (primary N) is 1. The number of nitrogen functional groups attached to an aromatic ring is 1. The van der Waals surface area contributed by atoms with Gasteiger partial charge < -0.3 is 25.6 Å². The van der Waals surface area contributed by atoms with Crippen LogP contribution in [0.1, 0.15) is 55.5 Å². The Balaban J connectivity index is 1.70. The van der Waals surface area contributed by atoms with Crippen LogP contribution in [-0.4, -0.2) is 30.2 Å². The largest absolute Gasteiger partial charge is 0.504 e. The molecule has 33 heavy (non-hydrogen) atoms. The van der Waals surface area contributed by atoms with E-state index in [-0.39, 0.29) is 30.6 Å². The second-order valence-corrected chi connectivity index (χ2v) is 8.10. The number of amides is 1. The van der Waals surface area contributed by atoms with Gasteiger partial charge in [-0.2, -0.15) is 0 Å². The third-order valence-electron chi connectivity index (χ3n) is 4.78. The molecule has 178 valence electrons. The van der Waals surface area contributed by atoms with Crippen LogP contribution >= 0.6 is 0 Å². The number of esters is 1. The first-order chi connectivity index (χ1) is 15.8. The Hall–Kier alpha value is -3.48. The number of hydrogen-bond acceptors (Lipinski definition) is 6. The number of phenols is 1. The average Bonchev–Trinajstić information content (AvgIpc) is 2.79. The van der Waals surface area contributed by atoms with Gasteiger partial charge in [0.25, 0.3) is 0 Å². The summed E-state index contributed by atoms with van der Waals surface area (Å²) in [5.74, 6) is 0.312. The molecular weight excluding hydrogens is 420 g/mol. The van der Waals surface area contributed by atoms with Gasteiger partial charge in [-0.05, 0) is 67.1 Å². The predicted octanol–water partition coefficient (Wildman–Crippen LogP) is 4.60. The van der Waals surface area contributed by atoms with Gasteiger partial charge in [-0.15, -0.1) is 0 Å². The fraction of sp³-hybridized carbons (Fsp3) is 0.385. The van der Waals surface area contributed by atoms with E-state index in [2.05, 4.69) is 31.3 Å². The van der Waals surface area contributed by atoms with Crippen molar-refractivity contribution >= 4 is 17.6 Å². The van der Waals surface area contributed by atoms with Crippen LogP contribution in [0.4, 0.5) is 5.69 Å². The quantitative estimate of drug-likeness (QED) is 0.177. The number of ether oxygens (including phenoxy) is 2. The minimum atomic E-state index is -0.477. The number of allylic oxidation sites excluding steroid dienone is 2. The van der Waals surface area contributed by atoms with Gasteiger partial charge in [0.2, 0.25) is 5.91 Å². The van der Waals surface area contributed by atoms with Crippen LogP contribution in [0.5, 0.6) is 11.5 Å². The molecule has 0 aromatic heterocycles. The van der Waals surface area contributed by atoms with E-state index in [1.165, 1.54) is 6.07 Å². The second kappa shape index (κ2) is 13.8. The van der Waals surface area contributed by atoms with Gasteiger partial charge in [0.05, 0.1) is 5.56 Å². The summed E-state index contributed by atoms with van der Waals surface area (Å²) in [6, 6.07) is 11.3. The van der Waals surface area contributed by atoms with Crippen LogP contribution < -0.4 is 15.8 Å². The summed E-state index contributed by atoms with van der Waals surface area (Å²) in [6.45, 7) is 4.73. The van der Waals surface area contributed by atoms with Crippen LogP contribution in [0.3, 0.4) is 0 Å². The molecule has 0 unspecified atom stereocenters. The average molecular weight is 455 g/mol. The second-order valence-electron chi connectivity index (χ2n) is 8.10. The lowest BCUT2D eigenvalue weighted by atomic mass is 10.1. The summed E-state index contributed by atoms with van der Waals surface area (Å²) in [4.78, 5) is 24.0. The Bertz CT molecular complexity index is 923. The molecule has 0 radical (unpaired) electrons. The van der Waals surface area contributed by atoms with E-state index in [9.17, 15) is 14.7 Å². The molecule has 2 aromatic carbocycles. The fourth-order valence-corrected chi connectivity index (χ4v) is 2.98. The van der Waals surface area contributed by atoms with Gasteiger partial charge in [0.15, 0.2) is 11.5 Å². The third-order valence-corrected chi connectivity index (χ3v) is 4.78. The molecule has 0 bridgehead atoms. The van der Waals surface area contributed by atoms with Crippen molar-refractivity contribution < 1.29 is 24.2 Å². The highest BCUT2D eigenvalue weighted by molar-refractivity contribution is 5.89. The maximum atomic E-state index is 12.1. The molecule has 0 fully saturated rings. The number of anilines is 1. The zero-order chi connectivity index (χ0) is 24.1. The van der Waals surface area contributed by atoms with Crippen LogP contribution in [-0.2, 0) is 16.1 Å². The molecule has 0 spiro atoms. The van der Waals surface area contributed by atoms with Crippen LogP contribution in [0.25, 0.3) is 0 Å². The van der Waals surface area contributed by atoms with E-state index in [1.54, 1.807) is 36.4 Å². The molecule has 4 N–H and O–H groups in total. The summed E-state index contributed by atoms with van der Waals surface area (Å²) >= 11 is 0. The zero-order valence-corrected chi connectivity index (χ0v) is 19.4. The lowest BCUT2D eigenvalue weighted by molar-refractivity contribution is -0.121. The minimum absolute atomic E-state index is 0.00652. The Labute approximate surface area is 195 Å². The minimum Gasteiger partial charge on any atom is -0.504 e. The number of unbranched alkanes of at least 4 members (excludes halogenated alkanes) is 2. The standard InChI is InChI=1S/C26H34N2O5/c1-19(2)7-5-3-4-6-8-25(30)28-18-20-9-14-23(29)24(17-20)32-15-16-33-26(31)21-10-12-22(27)13-11-21/h5,7,9-14,17,19,29H,3-4,6,8,15-16,18,27H2,1-2H3,(H,28,30)/b7-5+. The number of rotatable bonds is 13. The first kappa shape index (κ1) is 25.8. The first-order valence-electron chi connectivity index (χ1n) is 11.3. The Morgan fingerprint density at radius 3 is 2.58 bits per heavy atom. The van der Waals surface area contributed by atoms with Crippen molar-refractivity contribution in [3.8, 4) is 11.5 Å². The van der Waals surface area contributed by atoms with Gasteiger partial charge in [-0.1, -0.05) is 32.1 Å². The van der Waals surface area contributed by atoms with Gasteiger partial charge in [0, 0.05) is 18.7 Å². The highest BCUT2D eigenvalue weighted by Gasteiger charge is 2.09. The van der Waals surface area contributed by atoms with Crippen molar-refractivity contribution in [2.75, 3.05) is 18.9 Å². The molecule has 7 heteroatoms. The zero-order valence-electron chi connectivity index (χ0n) is 19.4. The molecule has 7 nitrogen and oxygen atoms in total. The van der Waals surface area contributed by atoms with Gasteiger partial charge >= 0.3 is 5.97 Å². The smallest absolute Gasteiger partial charge is 0.338 e. The van der Waals surface area contributed by atoms with E-state index in [0.717, 1.165) is 24.8 Å². The maximum absolute atomic E-state index is 12.1.